The third kappa shape index (κ3) is 4.36. The van der Waals surface area contributed by atoms with Crippen LogP contribution in [0.15, 0.2) is 0 Å². The number of hydrogen-bond acceptors (Lipinski definition) is 2. The lowest BCUT2D eigenvalue weighted by Gasteiger charge is -2.35. The van der Waals surface area contributed by atoms with Crippen molar-refractivity contribution in [3.8, 4) is 0 Å². The maximum Gasteiger partial charge on any atom is -0.00462 e. The molecule has 1 rings (SSSR count). The molecule has 2 N–H and O–H groups in total. The van der Waals surface area contributed by atoms with E-state index in [4.69, 9.17) is 5.73 Å². The molecule has 0 bridgehead atoms. The van der Waals surface area contributed by atoms with Crippen molar-refractivity contribution in [1.29, 1.82) is 0 Å². The SMILES string of the molecule is CCCC1CCC(CN)C(CCSC)C1. The molecule has 90 valence electrons. The normalized spacial score (nSPS) is 31.8. The minimum Gasteiger partial charge on any atom is -0.330 e. The molecule has 1 aliphatic carbocycles. The summed E-state index contributed by atoms with van der Waals surface area (Å²) in [6, 6.07) is 0. The Morgan fingerprint density at radius 3 is 2.60 bits per heavy atom. The Kier molecular flexibility index (Phi) is 6.74. The first-order chi connectivity index (χ1) is 7.31. The van der Waals surface area contributed by atoms with Crippen LogP contribution in [0.25, 0.3) is 0 Å². The van der Waals surface area contributed by atoms with Crippen LogP contribution in [0.1, 0.15) is 45.4 Å². The Morgan fingerprint density at radius 2 is 2.00 bits per heavy atom. The van der Waals surface area contributed by atoms with E-state index in [9.17, 15) is 0 Å². The predicted octanol–water partition coefficient (Wildman–Crippen LogP) is 3.53. The van der Waals surface area contributed by atoms with Crippen molar-refractivity contribution < 1.29 is 0 Å². The molecule has 0 aromatic rings. The van der Waals surface area contributed by atoms with Crippen molar-refractivity contribution in [2.75, 3.05) is 18.6 Å². The van der Waals surface area contributed by atoms with E-state index in [1.165, 1.54) is 44.3 Å². The van der Waals surface area contributed by atoms with Gasteiger partial charge in [-0.2, -0.15) is 11.8 Å². The highest BCUT2D eigenvalue weighted by atomic mass is 32.2. The Labute approximate surface area is 99.6 Å². The number of rotatable bonds is 6. The van der Waals surface area contributed by atoms with Crippen LogP contribution in [0.3, 0.4) is 0 Å². The van der Waals surface area contributed by atoms with Crippen molar-refractivity contribution in [2.24, 2.45) is 23.5 Å². The third-order valence-electron chi connectivity index (χ3n) is 3.94. The Bertz CT molecular complexity index is 161. The average Bonchev–Trinajstić information content (AvgIpc) is 2.27. The van der Waals surface area contributed by atoms with E-state index >= 15 is 0 Å². The van der Waals surface area contributed by atoms with Gasteiger partial charge in [0.1, 0.15) is 0 Å². The molecule has 1 nitrogen and oxygen atoms in total. The second-order valence-electron chi connectivity index (χ2n) is 5.01. The molecule has 0 amide bonds. The smallest absolute Gasteiger partial charge is 0.00462 e. The van der Waals surface area contributed by atoms with Gasteiger partial charge in [-0.15, -0.1) is 0 Å². The molecule has 0 radical (unpaired) electrons. The molecule has 0 aliphatic heterocycles. The van der Waals surface area contributed by atoms with Gasteiger partial charge < -0.3 is 5.73 Å². The zero-order valence-corrected chi connectivity index (χ0v) is 11.2. The first-order valence-corrected chi connectivity index (χ1v) is 7.90. The Morgan fingerprint density at radius 1 is 1.20 bits per heavy atom. The summed E-state index contributed by atoms with van der Waals surface area (Å²) < 4.78 is 0. The molecular formula is C13H27NS. The summed E-state index contributed by atoms with van der Waals surface area (Å²) in [6.07, 6.45) is 10.7. The number of nitrogens with two attached hydrogens (primary N) is 1. The molecule has 3 atom stereocenters. The van der Waals surface area contributed by atoms with Gasteiger partial charge in [-0.3, -0.25) is 0 Å². The van der Waals surface area contributed by atoms with Crippen molar-refractivity contribution in [1.82, 2.24) is 0 Å². The summed E-state index contributed by atoms with van der Waals surface area (Å²) in [5.74, 6) is 4.07. The minimum atomic E-state index is 0.824. The lowest BCUT2D eigenvalue weighted by atomic mass is 9.72. The van der Waals surface area contributed by atoms with Crippen molar-refractivity contribution in [3.63, 3.8) is 0 Å². The minimum absolute atomic E-state index is 0.824. The van der Waals surface area contributed by atoms with Crippen LogP contribution in [-0.4, -0.2) is 18.6 Å². The van der Waals surface area contributed by atoms with Crippen molar-refractivity contribution >= 4 is 11.8 Å². The van der Waals surface area contributed by atoms with E-state index in [1.807, 2.05) is 11.8 Å². The van der Waals surface area contributed by atoms with Gasteiger partial charge in [-0.1, -0.05) is 26.2 Å². The van der Waals surface area contributed by atoms with Crippen LogP contribution in [0.5, 0.6) is 0 Å². The van der Waals surface area contributed by atoms with E-state index in [0.29, 0.717) is 0 Å². The molecule has 0 spiro atoms. The van der Waals surface area contributed by atoms with Crippen LogP contribution >= 0.6 is 11.8 Å². The van der Waals surface area contributed by atoms with E-state index in [0.717, 1.165) is 24.3 Å². The molecule has 1 aliphatic rings. The van der Waals surface area contributed by atoms with Crippen LogP contribution in [0.2, 0.25) is 0 Å². The molecule has 0 aromatic carbocycles. The van der Waals surface area contributed by atoms with Gasteiger partial charge in [0.2, 0.25) is 0 Å². The highest BCUT2D eigenvalue weighted by molar-refractivity contribution is 7.98. The van der Waals surface area contributed by atoms with Crippen LogP contribution in [-0.2, 0) is 0 Å². The zero-order chi connectivity index (χ0) is 11.1. The summed E-state index contributed by atoms with van der Waals surface area (Å²) in [4.78, 5) is 0. The Balaban J connectivity index is 2.38. The highest BCUT2D eigenvalue weighted by Gasteiger charge is 2.28. The fourth-order valence-electron chi connectivity index (χ4n) is 3.03. The average molecular weight is 229 g/mol. The number of hydrogen-bond donors (Lipinski definition) is 1. The first kappa shape index (κ1) is 13.4. The maximum absolute atomic E-state index is 5.88. The largest absolute Gasteiger partial charge is 0.330 e. The number of thioether (sulfide) groups is 1. The topological polar surface area (TPSA) is 26.0 Å². The summed E-state index contributed by atoms with van der Waals surface area (Å²) in [7, 11) is 0. The second kappa shape index (κ2) is 7.56. The molecule has 3 unspecified atom stereocenters. The van der Waals surface area contributed by atoms with E-state index in [1.54, 1.807) is 0 Å². The van der Waals surface area contributed by atoms with Crippen molar-refractivity contribution in [3.05, 3.63) is 0 Å². The third-order valence-corrected chi connectivity index (χ3v) is 4.58. The molecule has 0 aromatic heterocycles. The molecule has 15 heavy (non-hydrogen) atoms. The van der Waals surface area contributed by atoms with E-state index in [-0.39, 0.29) is 0 Å². The highest BCUT2D eigenvalue weighted by Crippen LogP contribution is 2.37. The standard InChI is InChI=1S/C13H27NS/c1-3-4-11-5-6-13(10-14)12(9-11)7-8-15-2/h11-13H,3-10,14H2,1-2H3. The van der Waals surface area contributed by atoms with Crippen LogP contribution in [0.4, 0.5) is 0 Å². The maximum atomic E-state index is 5.88. The van der Waals surface area contributed by atoms with Crippen molar-refractivity contribution in [2.45, 2.75) is 45.4 Å². The Hall–Kier alpha value is 0.310. The summed E-state index contributed by atoms with van der Waals surface area (Å²) in [5, 5.41) is 0. The van der Waals surface area contributed by atoms with Gasteiger partial charge in [0.05, 0.1) is 0 Å². The summed E-state index contributed by atoms with van der Waals surface area (Å²) >= 11 is 1.98. The van der Waals surface area contributed by atoms with E-state index < -0.39 is 0 Å². The fourth-order valence-corrected chi connectivity index (χ4v) is 3.57. The van der Waals surface area contributed by atoms with Gasteiger partial charge >= 0.3 is 0 Å². The van der Waals surface area contributed by atoms with Gasteiger partial charge in [0.25, 0.3) is 0 Å². The first-order valence-electron chi connectivity index (χ1n) is 6.50. The summed E-state index contributed by atoms with van der Waals surface area (Å²) in [6.45, 7) is 3.23. The quantitative estimate of drug-likeness (QED) is 0.754. The van der Waals surface area contributed by atoms with Gasteiger partial charge in [-0.25, -0.2) is 0 Å². The molecular weight excluding hydrogens is 202 g/mol. The fraction of sp³-hybridized carbons (Fsp3) is 1.00. The lowest BCUT2D eigenvalue weighted by molar-refractivity contribution is 0.173. The van der Waals surface area contributed by atoms with E-state index in [2.05, 4.69) is 13.2 Å². The molecule has 1 saturated carbocycles. The monoisotopic (exact) mass is 229 g/mol. The van der Waals surface area contributed by atoms with Crippen LogP contribution in [0, 0.1) is 17.8 Å². The summed E-state index contributed by atoms with van der Waals surface area (Å²) in [5.41, 5.74) is 5.88. The lowest BCUT2D eigenvalue weighted by Crippen LogP contribution is -2.30. The van der Waals surface area contributed by atoms with Gasteiger partial charge in [0, 0.05) is 0 Å². The second-order valence-corrected chi connectivity index (χ2v) is 5.99. The zero-order valence-electron chi connectivity index (χ0n) is 10.4. The van der Waals surface area contributed by atoms with Crippen LogP contribution < -0.4 is 5.73 Å². The van der Waals surface area contributed by atoms with Gasteiger partial charge in [-0.05, 0) is 55.6 Å². The van der Waals surface area contributed by atoms with Gasteiger partial charge in [0.15, 0.2) is 0 Å². The molecule has 0 saturated heterocycles. The molecule has 1 fully saturated rings. The molecule has 0 heterocycles. The molecule has 2 heteroatoms. The predicted molar refractivity (Wildman–Crippen MR) is 71.3 cm³/mol.